The summed E-state index contributed by atoms with van der Waals surface area (Å²) in [5.74, 6) is 1.98. The van der Waals surface area contributed by atoms with Crippen LogP contribution in [-0.2, 0) is 16.0 Å². The van der Waals surface area contributed by atoms with Crippen LogP contribution >= 0.6 is 0 Å². The van der Waals surface area contributed by atoms with E-state index in [4.69, 9.17) is 9.97 Å². The van der Waals surface area contributed by atoms with Crippen molar-refractivity contribution in [3.8, 4) is 22.4 Å². The number of likely N-dealkylation sites (tertiary alicyclic amines) is 2. The number of likely N-dealkylation sites (N-methyl/N-ethyl adjacent to an activating group) is 1. The van der Waals surface area contributed by atoms with Crippen LogP contribution in [-0.4, -0.2) is 72.6 Å². The molecule has 2 aromatic heterocycles. The summed E-state index contributed by atoms with van der Waals surface area (Å²) in [6.45, 7) is 7.32. The third kappa shape index (κ3) is 7.01. The Morgan fingerprint density at radius 3 is 2.11 bits per heavy atom. The highest BCUT2D eigenvalue weighted by Gasteiger charge is 2.38. The van der Waals surface area contributed by atoms with Crippen molar-refractivity contribution in [1.29, 1.82) is 0 Å². The molecular formula is C44H47N7O2. The van der Waals surface area contributed by atoms with E-state index in [1.54, 1.807) is 0 Å². The highest BCUT2D eigenvalue weighted by atomic mass is 16.2. The van der Waals surface area contributed by atoms with E-state index in [0.717, 1.165) is 108 Å². The summed E-state index contributed by atoms with van der Waals surface area (Å²) in [6.07, 6.45) is 6.07. The SMILES string of the molecule is CCN(CC)[C@@H](C(=O)N1CCC[C@H]1c1nc2ccc(-c3ccc(-c4c[nH]c([C@@H]5CCCN5C(=O)Cc5ccccc5)n4)cc3)cc2[nH]1)c1ccccc1. The van der Waals surface area contributed by atoms with Gasteiger partial charge in [-0.1, -0.05) is 105 Å². The summed E-state index contributed by atoms with van der Waals surface area (Å²) in [4.78, 5) is 50.7. The first-order valence-electron chi connectivity index (χ1n) is 19.1. The highest BCUT2D eigenvalue weighted by Crippen LogP contribution is 2.37. The van der Waals surface area contributed by atoms with Gasteiger partial charge in [-0.3, -0.25) is 14.5 Å². The first-order valence-corrected chi connectivity index (χ1v) is 19.1. The zero-order valence-corrected chi connectivity index (χ0v) is 30.5. The van der Waals surface area contributed by atoms with E-state index in [0.29, 0.717) is 6.42 Å². The van der Waals surface area contributed by atoms with Crippen molar-refractivity contribution >= 4 is 22.8 Å². The van der Waals surface area contributed by atoms with Crippen molar-refractivity contribution in [1.82, 2.24) is 34.6 Å². The molecule has 4 heterocycles. The number of imidazole rings is 2. The second-order valence-electron chi connectivity index (χ2n) is 14.2. The number of carbonyl (C=O) groups excluding carboxylic acids is 2. The maximum Gasteiger partial charge on any atom is 0.245 e. The molecule has 9 heteroatoms. The second-order valence-corrected chi connectivity index (χ2v) is 14.2. The molecule has 0 radical (unpaired) electrons. The van der Waals surface area contributed by atoms with Gasteiger partial charge in [0.1, 0.15) is 17.7 Å². The number of hydrogen-bond donors (Lipinski definition) is 2. The number of carbonyl (C=O) groups is 2. The predicted molar refractivity (Wildman–Crippen MR) is 209 cm³/mol. The first kappa shape index (κ1) is 34.5. The molecule has 0 spiro atoms. The number of benzene rings is 4. The highest BCUT2D eigenvalue weighted by molar-refractivity contribution is 5.85. The molecule has 2 amide bonds. The minimum absolute atomic E-state index is 0.0349. The average Bonchev–Trinajstić information content (AvgIpc) is 4.03. The Hall–Kier alpha value is -5.54. The molecule has 0 saturated carbocycles. The van der Waals surface area contributed by atoms with Gasteiger partial charge in [-0.25, -0.2) is 9.97 Å². The minimum Gasteiger partial charge on any atom is -0.346 e. The summed E-state index contributed by atoms with van der Waals surface area (Å²) in [5.41, 5.74) is 8.00. The lowest BCUT2D eigenvalue weighted by Crippen LogP contribution is -2.43. The largest absolute Gasteiger partial charge is 0.346 e. The van der Waals surface area contributed by atoms with Gasteiger partial charge >= 0.3 is 0 Å². The Morgan fingerprint density at radius 1 is 0.755 bits per heavy atom. The van der Waals surface area contributed by atoms with Crippen molar-refractivity contribution in [2.45, 2.75) is 64.1 Å². The molecule has 8 rings (SSSR count). The third-order valence-corrected chi connectivity index (χ3v) is 11.1. The summed E-state index contributed by atoms with van der Waals surface area (Å²) in [6, 6.07) is 34.4. The van der Waals surface area contributed by atoms with E-state index in [1.165, 1.54) is 0 Å². The van der Waals surface area contributed by atoms with Gasteiger partial charge in [0.2, 0.25) is 11.8 Å². The molecule has 2 saturated heterocycles. The fraction of sp³-hybridized carbons (Fsp3) is 0.318. The summed E-state index contributed by atoms with van der Waals surface area (Å²) in [7, 11) is 0. The van der Waals surface area contributed by atoms with Crippen molar-refractivity contribution in [3.63, 3.8) is 0 Å². The van der Waals surface area contributed by atoms with Gasteiger partial charge in [0.15, 0.2) is 0 Å². The molecule has 0 unspecified atom stereocenters. The Kier molecular flexibility index (Phi) is 9.91. The maximum absolute atomic E-state index is 14.3. The quantitative estimate of drug-likeness (QED) is 0.141. The van der Waals surface area contributed by atoms with Crippen LogP contribution in [0.4, 0.5) is 0 Å². The number of fused-ring (bicyclic) bond motifs is 1. The van der Waals surface area contributed by atoms with Crippen LogP contribution in [0.15, 0.2) is 109 Å². The predicted octanol–water partition coefficient (Wildman–Crippen LogP) is 8.27. The van der Waals surface area contributed by atoms with Crippen LogP contribution in [0.3, 0.4) is 0 Å². The number of nitrogens with zero attached hydrogens (tertiary/aromatic N) is 5. The van der Waals surface area contributed by atoms with Gasteiger partial charge in [0.25, 0.3) is 0 Å². The number of aromatic nitrogens is 4. The summed E-state index contributed by atoms with van der Waals surface area (Å²) in [5, 5.41) is 0. The molecule has 4 aromatic carbocycles. The Balaban J connectivity index is 0.974. The number of rotatable bonds is 11. The molecule has 0 aliphatic carbocycles. The Labute approximate surface area is 311 Å². The molecule has 0 bridgehead atoms. The van der Waals surface area contributed by atoms with Gasteiger partial charge in [-0.15, -0.1) is 0 Å². The van der Waals surface area contributed by atoms with Gasteiger partial charge in [0.05, 0.1) is 35.2 Å². The minimum atomic E-state index is -0.314. The van der Waals surface area contributed by atoms with E-state index in [1.807, 2.05) is 64.5 Å². The standard InChI is InChI=1S/C44H47N7O2/c1-3-49(4-2)41(33-15-9-6-10-16-33)44(53)51-26-12-18-39(51)43-46-35-24-23-34(28-36(35)47-43)31-19-21-32(22-20-31)37-29-45-42(48-37)38-17-11-25-50(38)40(52)27-30-13-7-5-8-14-30/h5-10,13-16,19-24,28-29,38-39,41H,3-4,11-12,17-18,25-27H2,1-2H3,(H,45,48)(H,46,47)/t38-,39-,41+/m0/s1. The van der Waals surface area contributed by atoms with Crippen molar-refractivity contribution < 1.29 is 9.59 Å². The fourth-order valence-corrected chi connectivity index (χ4v) is 8.28. The normalized spacial score (nSPS) is 17.9. The molecule has 2 aliphatic heterocycles. The molecule has 3 atom stereocenters. The van der Waals surface area contributed by atoms with Crippen LogP contribution in [0.5, 0.6) is 0 Å². The van der Waals surface area contributed by atoms with Crippen LogP contribution in [0.2, 0.25) is 0 Å². The van der Waals surface area contributed by atoms with Gasteiger partial charge in [-0.2, -0.15) is 0 Å². The van der Waals surface area contributed by atoms with Gasteiger partial charge in [-0.05, 0) is 73.2 Å². The van der Waals surface area contributed by atoms with Gasteiger partial charge < -0.3 is 19.8 Å². The zero-order valence-electron chi connectivity index (χ0n) is 30.5. The Morgan fingerprint density at radius 2 is 1.40 bits per heavy atom. The molecular weight excluding hydrogens is 659 g/mol. The average molecular weight is 706 g/mol. The monoisotopic (exact) mass is 705 g/mol. The molecule has 270 valence electrons. The van der Waals surface area contributed by atoms with E-state index in [-0.39, 0.29) is 29.9 Å². The maximum atomic E-state index is 14.3. The lowest BCUT2D eigenvalue weighted by atomic mass is 10.0. The van der Waals surface area contributed by atoms with Crippen molar-refractivity contribution in [3.05, 3.63) is 132 Å². The molecule has 53 heavy (non-hydrogen) atoms. The Bertz CT molecular complexity index is 2170. The molecule has 6 aromatic rings. The van der Waals surface area contributed by atoms with Crippen LogP contribution in [0, 0.1) is 0 Å². The lowest BCUT2D eigenvalue weighted by Gasteiger charge is -2.34. The number of aromatic amines is 2. The van der Waals surface area contributed by atoms with E-state index < -0.39 is 0 Å². The number of hydrogen-bond acceptors (Lipinski definition) is 5. The molecule has 2 N–H and O–H groups in total. The first-order chi connectivity index (χ1) is 26.0. The molecule has 9 nitrogen and oxygen atoms in total. The number of H-pyrrole nitrogens is 2. The van der Waals surface area contributed by atoms with Crippen LogP contribution in [0.25, 0.3) is 33.4 Å². The van der Waals surface area contributed by atoms with Crippen molar-refractivity contribution in [2.75, 3.05) is 26.2 Å². The fourth-order valence-electron chi connectivity index (χ4n) is 8.28. The van der Waals surface area contributed by atoms with Crippen LogP contribution in [0.1, 0.15) is 80.4 Å². The third-order valence-electron chi connectivity index (χ3n) is 11.1. The summed E-state index contributed by atoms with van der Waals surface area (Å²) >= 11 is 0. The van der Waals surface area contributed by atoms with E-state index in [9.17, 15) is 9.59 Å². The molecule has 2 fully saturated rings. The van der Waals surface area contributed by atoms with E-state index in [2.05, 4.69) is 83.3 Å². The smallest absolute Gasteiger partial charge is 0.245 e. The topological polar surface area (TPSA) is 101 Å². The lowest BCUT2D eigenvalue weighted by molar-refractivity contribution is -0.138. The zero-order chi connectivity index (χ0) is 36.3. The summed E-state index contributed by atoms with van der Waals surface area (Å²) < 4.78 is 0. The number of amides is 2. The van der Waals surface area contributed by atoms with Gasteiger partial charge in [0, 0.05) is 24.8 Å². The van der Waals surface area contributed by atoms with Crippen molar-refractivity contribution in [2.24, 2.45) is 0 Å². The van der Waals surface area contributed by atoms with Crippen LogP contribution < -0.4 is 0 Å². The van der Waals surface area contributed by atoms with E-state index >= 15 is 0 Å². The number of nitrogens with one attached hydrogen (secondary N) is 2. The second kappa shape index (κ2) is 15.2. The molecule has 2 aliphatic rings.